The van der Waals surface area contributed by atoms with Gasteiger partial charge in [-0.1, -0.05) is 62.0 Å². The van der Waals surface area contributed by atoms with Crippen molar-refractivity contribution in [3.05, 3.63) is 98.3 Å². The Kier molecular flexibility index (Phi) is 5.91. The Morgan fingerprint density at radius 1 is 0.919 bits per heavy atom. The number of nitrogens with zero attached hydrogens (tertiary/aromatic N) is 3. The molecule has 0 saturated heterocycles. The highest BCUT2D eigenvalue weighted by Crippen LogP contribution is 2.37. The van der Waals surface area contributed by atoms with Crippen LogP contribution in [0.4, 0.5) is 0 Å². The number of aryl methyl sites for hydroxylation is 3. The van der Waals surface area contributed by atoms with Gasteiger partial charge < -0.3 is 4.40 Å². The van der Waals surface area contributed by atoms with Gasteiger partial charge in [0.2, 0.25) is 0 Å². The molecule has 1 aromatic carbocycles. The Morgan fingerprint density at radius 3 is 2.30 bits per heavy atom. The number of hydrogen-bond donors (Lipinski definition) is 0. The molecule has 5 rings (SSSR count). The van der Waals surface area contributed by atoms with Gasteiger partial charge in [-0.05, 0) is 81.2 Å². The van der Waals surface area contributed by atoms with Crippen molar-refractivity contribution in [2.24, 2.45) is 0 Å². The third-order valence-corrected chi connectivity index (χ3v) is 7.12. The summed E-state index contributed by atoms with van der Waals surface area (Å²) in [6.07, 6.45) is 6.08. The van der Waals surface area contributed by atoms with Crippen LogP contribution in [0.1, 0.15) is 68.6 Å². The number of benzene rings is 1. The predicted molar refractivity (Wildman–Crippen MR) is 153 cm³/mol. The number of rotatable bonds is 2. The molecule has 0 saturated carbocycles. The Hall–Kier alpha value is -3.97. The van der Waals surface area contributed by atoms with Gasteiger partial charge in [-0.15, -0.1) is 0 Å². The quantitative estimate of drug-likeness (QED) is 0.223. The highest BCUT2D eigenvalue weighted by molar-refractivity contribution is 5.92. The van der Waals surface area contributed by atoms with Crippen molar-refractivity contribution in [3.8, 4) is 23.0 Å². The second-order valence-electron chi connectivity index (χ2n) is 11.3. The van der Waals surface area contributed by atoms with Crippen molar-refractivity contribution in [2.45, 2.75) is 66.7 Å². The minimum Gasteiger partial charge on any atom is -0.302 e. The normalized spacial score (nSPS) is 15.7. The monoisotopic (exact) mass is 487 g/mol. The van der Waals surface area contributed by atoms with Gasteiger partial charge in [-0.2, -0.15) is 4.98 Å². The van der Waals surface area contributed by atoms with Crippen LogP contribution in [-0.2, 0) is 5.41 Å². The van der Waals surface area contributed by atoms with Crippen molar-refractivity contribution < 1.29 is 0 Å². The van der Waals surface area contributed by atoms with Gasteiger partial charge in [-0.3, -0.25) is 9.78 Å². The minimum absolute atomic E-state index is 0.0777. The first kappa shape index (κ1) is 24.7. The summed E-state index contributed by atoms with van der Waals surface area (Å²) in [5, 5.41) is 0.857. The summed E-state index contributed by atoms with van der Waals surface area (Å²) >= 11 is 0. The van der Waals surface area contributed by atoms with Crippen molar-refractivity contribution in [3.63, 3.8) is 0 Å². The fraction of sp³-hybridized carbons (Fsp3) is 0.303. The number of aromatic nitrogens is 3. The van der Waals surface area contributed by atoms with Crippen LogP contribution in [-0.4, -0.2) is 14.4 Å². The summed E-state index contributed by atoms with van der Waals surface area (Å²) in [4.78, 5) is 23.6. The van der Waals surface area contributed by atoms with E-state index < -0.39 is 0 Å². The Morgan fingerprint density at radius 2 is 1.62 bits per heavy atom. The lowest BCUT2D eigenvalue weighted by Gasteiger charge is -2.23. The maximum Gasteiger partial charge on any atom is 0.281 e. The molecule has 0 spiro atoms. The molecule has 1 aliphatic carbocycles. The molecule has 0 radical (unpaired) electrons. The fourth-order valence-corrected chi connectivity index (χ4v) is 5.46. The molecule has 1 atom stereocenters. The topological polar surface area (TPSA) is 47.3 Å². The highest BCUT2D eigenvalue weighted by Gasteiger charge is 2.27. The Bertz CT molecular complexity index is 1760. The van der Waals surface area contributed by atoms with E-state index in [9.17, 15) is 4.79 Å². The zero-order valence-corrected chi connectivity index (χ0v) is 22.9. The van der Waals surface area contributed by atoms with E-state index in [1.54, 1.807) is 0 Å². The minimum atomic E-state index is -0.258. The van der Waals surface area contributed by atoms with E-state index in [0.29, 0.717) is 11.2 Å². The van der Waals surface area contributed by atoms with Gasteiger partial charge in [0.1, 0.15) is 0 Å². The van der Waals surface area contributed by atoms with Crippen molar-refractivity contribution in [1.82, 2.24) is 14.4 Å². The number of allylic oxidation sites excluding steroid dienone is 4. The first-order valence-electron chi connectivity index (χ1n) is 12.8. The zero-order valence-electron chi connectivity index (χ0n) is 22.9. The standard InChI is InChI=1S/C33H33N3O/c1-19-10-9-11-24(21(3)16-19)30-29(28-22(4)17-20(2)18-23(28)5)32(37)35-31-25-12-13-27(33(6,7)8)34-26(25)14-15-36(30)31/h10,12-18,24H,1-8H3. The summed E-state index contributed by atoms with van der Waals surface area (Å²) in [7, 11) is 0. The van der Waals surface area contributed by atoms with Gasteiger partial charge in [0.15, 0.2) is 5.65 Å². The van der Waals surface area contributed by atoms with Crippen LogP contribution < -0.4 is 5.56 Å². The summed E-state index contributed by atoms with van der Waals surface area (Å²) in [6.45, 7) is 16.8. The first-order valence-corrected chi connectivity index (χ1v) is 12.8. The molecule has 0 N–H and O–H groups in total. The summed E-state index contributed by atoms with van der Waals surface area (Å²) < 4.78 is 2.06. The van der Waals surface area contributed by atoms with E-state index in [1.165, 1.54) is 5.56 Å². The molecule has 3 heterocycles. The predicted octanol–water partition coefficient (Wildman–Crippen LogP) is 7.13. The van der Waals surface area contributed by atoms with Crippen LogP contribution in [0.25, 0.3) is 27.7 Å². The average molecular weight is 488 g/mol. The molecular weight excluding hydrogens is 454 g/mol. The van der Waals surface area contributed by atoms with E-state index in [2.05, 4.69) is 94.8 Å². The molecular formula is C33H33N3O. The smallest absolute Gasteiger partial charge is 0.281 e. The van der Waals surface area contributed by atoms with Crippen LogP contribution in [0.3, 0.4) is 0 Å². The molecule has 37 heavy (non-hydrogen) atoms. The van der Waals surface area contributed by atoms with Gasteiger partial charge in [0.05, 0.1) is 22.7 Å². The second-order valence-corrected chi connectivity index (χ2v) is 11.3. The molecule has 4 nitrogen and oxygen atoms in total. The molecule has 4 aromatic rings. The van der Waals surface area contributed by atoms with E-state index in [4.69, 9.17) is 4.98 Å². The first-order chi connectivity index (χ1) is 17.5. The SMILES string of the molecule is CC1=CC#CC(c2c(-c3c(C)cc(C)cc3C)c(=O)nc3c4ccc(C(C)(C)C)nc4ccn23)C(C)=C1. The van der Waals surface area contributed by atoms with Crippen molar-refractivity contribution in [2.75, 3.05) is 0 Å². The lowest BCUT2D eigenvalue weighted by atomic mass is 9.87. The van der Waals surface area contributed by atoms with Crippen LogP contribution >= 0.6 is 0 Å². The van der Waals surface area contributed by atoms with E-state index in [-0.39, 0.29) is 16.9 Å². The number of fused-ring (bicyclic) bond motifs is 3. The maximum absolute atomic E-state index is 14.0. The van der Waals surface area contributed by atoms with Crippen LogP contribution in [0.2, 0.25) is 0 Å². The largest absolute Gasteiger partial charge is 0.302 e. The molecule has 1 aliphatic rings. The fourth-order valence-electron chi connectivity index (χ4n) is 5.46. The Balaban J connectivity index is 1.93. The summed E-state index contributed by atoms with van der Waals surface area (Å²) in [5.74, 6) is 6.41. The maximum atomic E-state index is 14.0. The van der Waals surface area contributed by atoms with Crippen LogP contribution in [0.15, 0.2) is 64.6 Å². The number of hydrogen-bond acceptors (Lipinski definition) is 3. The highest BCUT2D eigenvalue weighted by atomic mass is 16.1. The summed E-state index contributed by atoms with van der Waals surface area (Å²) in [6, 6.07) is 10.4. The molecule has 0 fully saturated rings. The van der Waals surface area contributed by atoms with Gasteiger partial charge in [-0.25, -0.2) is 0 Å². The Labute approximate surface area is 218 Å². The molecule has 3 aromatic heterocycles. The zero-order chi connectivity index (χ0) is 26.6. The second kappa shape index (κ2) is 8.85. The van der Waals surface area contributed by atoms with E-state index in [1.807, 2.05) is 30.5 Å². The van der Waals surface area contributed by atoms with Gasteiger partial charge in [0, 0.05) is 22.7 Å². The molecule has 186 valence electrons. The van der Waals surface area contributed by atoms with E-state index in [0.717, 1.165) is 50.1 Å². The molecule has 0 aliphatic heterocycles. The molecule has 0 bridgehead atoms. The lowest BCUT2D eigenvalue weighted by molar-refractivity contribution is 0.571. The number of pyridine rings is 2. The van der Waals surface area contributed by atoms with E-state index >= 15 is 0 Å². The molecule has 0 amide bonds. The average Bonchev–Trinajstić information content (AvgIpc) is 2.97. The molecule has 4 heteroatoms. The lowest BCUT2D eigenvalue weighted by Crippen LogP contribution is -2.21. The van der Waals surface area contributed by atoms with Gasteiger partial charge >= 0.3 is 0 Å². The third-order valence-electron chi connectivity index (χ3n) is 7.12. The van der Waals surface area contributed by atoms with Crippen molar-refractivity contribution in [1.29, 1.82) is 0 Å². The van der Waals surface area contributed by atoms with Crippen LogP contribution in [0.5, 0.6) is 0 Å². The van der Waals surface area contributed by atoms with Gasteiger partial charge in [0.25, 0.3) is 5.56 Å². The summed E-state index contributed by atoms with van der Waals surface area (Å²) in [5.41, 5.74) is 10.1. The molecule has 1 unspecified atom stereocenters. The van der Waals surface area contributed by atoms with Crippen molar-refractivity contribution >= 4 is 16.6 Å². The van der Waals surface area contributed by atoms with Crippen LogP contribution in [0, 0.1) is 32.6 Å². The third kappa shape index (κ3) is 4.29.